The molecule has 2 saturated heterocycles. The van der Waals surface area contributed by atoms with E-state index in [2.05, 4.69) is 10.3 Å². The van der Waals surface area contributed by atoms with Gasteiger partial charge in [0.1, 0.15) is 42.0 Å². The minimum absolute atomic E-state index is 0.0865. The van der Waals surface area contributed by atoms with Crippen LogP contribution in [-0.2, 0) is 36.9 Å². The molecule has 0 saturated carbocycles. The lowest BCUT2D eigenvalue weighted by Gasteiger charge is -2.40. The van der Waals surface area contributed by atoms with Crippen molar-refractivity contribution in [1.82, 2.24) is 24.8 Å². The molecular formula is C32H33N5O6. The van der Waals surface area contributed by atoms with Crippen molar-refractivity contribution in [2.45, 2.75) is 49.7 Å². The Kier molecular flexibility index (Phi) is 6.66. The summed E-state index contributed by atoms with van der Waals surface area (Å²) in [5.41, 5.74) is -0.187. The van der Waals surface area contributed by atoms with E-state index in [9.17, 15) is 19.5 Å². The highest BCUT2D eigenvalue weighted by Gasteiger charge is 2.76. The molecule has 2 amide bonds. The Labute approximate surface area is 248 Å². The summed E-state index contributed by atoms with van der Waals surface area (Å²) in [7, 11) is 0. The van der Waals surface area contributed by atoms with Crippen LogP contribution < -0.4 is 0 Å². The highest BCUT2D eigenvalue weighted by Crippen LogP contribution is 2.58. The van der Waals surface area contributed by atoms with Gasteiger partial charge in [-0.25, -0.2) is 4.68 Å². The molecule has 3 aromatic rings. The first-order chi connectivity index (χ1) is 20.9. The molecule has 0 bridgehead atoms. The standard InChI is InChI=1S/C32H33N5O6/c1-2-31-14-9-17-42-30(41)26(31)25-28(39)37(22(19-38)18-21-10-4-3-5-11-21)27-29(40)35(16-8-15-32(25,27)43-31)20-36-24-13-7-6-12-23(24)33-34-36/h3-15,22,25-27,38H,2,16-20H2,1H3/t22-,25+,26-,27?,31+,32+/m1/s1. The third kappa shape index (κ3) is 4.13. The lowest BCUT2D eigenvalue weighted by atomic mass is 9.73. The van der Waals surface area contributed by atoms with Crippen LogP contribution in [0.4, 0.5) is 0 Å². The van der Waals surface area contributed by atoms with Crippen LogP contribution in [0, 0.1) is 11.8 Å². The molecule has 5 heterocycles. The number of para-hydroxylation sites is 1. The lowest BCUT2D eigenvalue weighted by Crippen LogP contribution is -2.59. The summed E-state index contributed by atoms with van der Waals surface area (Å²) in [6.45, 7) is 1.94. The van der Waals surface area contributed by atoms with Crippen LogP contribution in [0.15, 0.2) is 78.9 Å². The Bertz CT molecular complexity index is 1640. The molecule has 0 aliphatic carbocycles. The number of amides is 2. The van der Waals surface area contributed by atoms with Crippen molar-refractivity contribution in [2.75, 3.05) is 19.8 Å². The molecule has 4 aliphatic rings. The fourth-order valence-electron chi connectivity index (χ4n) is 7.42. The van der Waals surface area contributed by atoms with Crippen LogP contribution in [0.2, 0.25) is 0 Å². The molecule has 43 heavy (non-hydrogen) atoms. The minimum Gasteiger partial charge on any atom is -0.461 e. The number of nitrogens with zero attached hydrogens (tertiary/aromatic N) is 5. The summed E-state index contributed by atoms with van der Waals surface area (Å²) >= 11 is 0. The van der Waals surface area contributed by atoms with Gasteiger partial charge < -0.3 is 24.4 Å². The number of aromatic nitrogens is 3. The van der Waals surface area contributed by atoms with E-state index in [0.717, 1.165) is 11.1 Å². The normalized spacial score (nSPS) is 30.6. The van der Waals surface area contributed by atoms with E-state index >= 15 is 0 Å². The van der Waals surface area contributed by atoms with Crippen LogP contribution >= 0.6 is 0 Å². The molecule has 0 radical (unpaired) electrons. The molecule has 2 fully saturated rings. The van der Waals surface area contributed by atoms with Crippen molar-refractivity contribution in [3.8, 4) is 0 Å². The topological polar surface area (TPSA) is 127 Å². The third-order valence-electron chi connectivity index (χ3n) is 9.36. The molecule has 1 unspecified atom stereocenters. The Morgan fingerprint density at radius 1 is 1.00 bits per heavy atom. The highest BCUT2D eigenvalue weighted by molar-refractivity contribution is 5.99. The SMILES string of the molecule is CC[C@]12C=CCOC(=O)[C@H]1[C@H]1C(=O)N([C@@H](CO)Cc3ccccc3)C3C(=O)N(Cn4nnc5ccccc54)CC=C[C@@]31O2. The summed E-state index contributed by atoms with van der Waals surface area (Å²) < 4.78 is 14.1. The van der Waals surface area contributed by atoms with E-state index in [-0.39, 0.29) is 32.3 Å². The average molecular weight is 584 g/mol. The second-order valence-electron chi connectivity index (χ2n) is 11.6. The number of aliphatic hydroxyl groups is 1. The number of rotatable bonds is 7. The quantitative estimate of drug-likeness (QED) is 0.330. The molecule has 4 aliphatic heterocycles. The van der Waals surface area contributed by atoms with Crippen LogP contribution in [0.25, 0.3) is 11.0 Å². The van der Waals surface area contributed by atoms with Gasteiger partial charge in [-0.05, 0) is 36.6 Å². The highest BCUT2D eigenvalue weighted by atomic mass is 16.6. The second-order valence-corrected chi connectivity index (χ2v) is 11.6. The number of benzene rings is 2. The van der Waals surface area contributed by atoms with Crippen molar-refractivity contribution >= 4 is 28.8 Å². The van der Waals surface area contributed by atoms with Gasteiger partial charge in [-0.3, -0.25) is 14.4 Å². The number of likely N-dealkylation sites (tertiary alicyclic amines) is 1. The van der Waals surface area contributed by atoms with E-state index in [1.165, 1.54) is 4.90 Å². The number of aliphatic hydroxyl groups excluding tert-OH is 1. The molecule has 2 aromatic carbocycles. The molecule has 6 atom stereocenters. The largest absolute Gasteiger partial charge is 0.461 e. The fraction of sp³-hybridized carbons (Fsp3) is 0.406. The number of carbonyl (C=O) groups excluding carboxylic acids is 3. The maximum atomic E-state index is 14.7. The molecule has 1 N–H and O–H groups in total. The van der Waals surface area contributed by atoms with Gasteiger partial charge >= 0.3 is 5.97 Å². The minimum atomic E-state index is -1.45. The van der Waals surface area contributed by atoms with Gasteiger partial charge in [0.05, 0.1) is 24.1 Å². The maximum Gasteiger partial charge on any atom is 0.313 e. The van der Waals surface area contributed by atoms with Crippen molar-refractivity contribution in [3.05, 3.63) is 84.5 Å². The predicted molar refractivity (Wildman–Crippen MR) is 154 cm³/mol. The van der Waals surface area contributed by atoms with Crippen molar-refractivity contribution < 1.29 is 29.0 Å². The van der Waals surface area contributed by atoms with Crippen LogP contribution in [-0.4, -0.2) is 90.7 Å². The van der Waals surface area contributed by atoms with Crippen molar-refractivity contribution in [1.29, 1.82) is 0 Å². The van der Waals surface area contributed by atoms with Gasteiger partial charge in [-0.1, -0.05) is 72.8 Å². The molecule has 7 rings (SSSR count). The van der Waals surface area contributed by atoms with Crippen molar-refractivity contribution in [2.24, 2.45) is 11.8 Å². The monoisotopic (exact) mass is 583 g/mol. The van der Waals surface area contributed by atoms with Gasteiger partial charge in [0, 0.05) is 6.54 Å². The number of hydrogen-bond donors (Lipinski definition) is 1. The molecule has 1 aromatic heterocycles. The number of carbonyl (C=O) groups is 3. The predicted octanol–water partition coefficient (Wildman–Crippen LogP) is 1.86. The zero-order chi connectivity index (χ0) is 29.8. The molecule has 11 heteroatoms. The van der Waals surface area contributed by atoms with E-state index in [1.807, 2.05) is 73.7 Å². The van der Waals surface area contributed by atoms with E-state index in [4.69, 9.17) is 9.47 Å². The summed E-state index contributed by atoms with van der Waals surface area (Å²) in [6, 6.07) is 15.1. The zero-order valence-corrected chi connectivity index (χ0v) is 23.8. The Morgan fingerprint density at radius 2 is 1.79 bits per heavy atom. The van der Waals surface area contributed by atoms with Crippen LogP contribution in [0.1, 0.15) is 18.9 Å². The van der Waals surface area contributed by atoms with Crippen molar-refractivity contribution in [3.63, 3.8) is 0 Å². The third-order valence-corrected chi connectivity index (χ3v) is 9.36. The van der Waals surface area contributed by atoms with Gasteiger partial charge in [-0.2, -0.15) is 0 Å². The van der Waals surface area contributed by atoms with Gasteiger partial charge in [-0.15, -0.1) is 5.10 Å². The first-order valence-electron chi connectivity index (χ1n) is 14.7. The first-order valence-corrected chi connectivity index (χ1v) is 14.7. The van der Waals surface area contributed by atoms with E-state index in [0.29, 0.717) is 18.4 Å². The van der Waals surface area contributed by atoms with E-state index in [1.54, 1.807) is 21.7 Å². The number of esters is 1. The zero-order valence-electron chi connectivity index (χ0n) is 23.8. The smallest absolute Gasteiger partial charge is 0.313 e. The lowest BCUT2D eigenvalue weighted by molar-refractivity contribution is -0.161. The Morgan fingerprint density at radius 3 is 2.58 bits per heavy atom. The maximum absolute atomic E-state index is 14.7. The number of fused-ring (bicyclic) bond motifs is 3. The van der Waals surface area contributed by atoms with Crippen LogP contribution in [0.3, 0.4) is 0 Å². The molecular weight excluding hydrogens is 550 g/mol. The first kappa shape index (κ1) is 27.5. The second kappa shape index (κ2) is 10.4. The number of ether oxygens (including phenoxy) is 2. The number of cyclic esters (lactones) is 1. The summed E-state index contributed by atoms with van der Waals surface area (Å²) in [4.78, 5) is 46.0. The Hall–Kier alpha value is -4.35. The van der Waals surface area contributed by atoms with E-state index < -0.39 is 47.0 Å². The fourth-order valence-corrected chi connectivity index (χ4v) is 7.42. The molecule has 11 nitrogen and oxygen atoms in total. The molecule has 1 spiro atoms. The molecule has 222 valence electrons. The summed E-state index contributed by atoms with van der Waals surface area (Å²) in [6.07, 6.45) is 7.91. The Balaban J connectivity index is 1.34. The summed E-state index contributed by atoms with van der Waals surface area (Å²) in [5, 5.41) is 19.2. The van der Waals surface area contributed by atoms with Gasteiger partial charge in [0.15, 0.2) is 0 Å². The van der Waals surface area contributed by atoms with Gasteiger partial charge in [0.2, 0.25) is 5.91 Å². The van der Waals surface area contributed by atoms with Gasteiger partial charge in [0.25, 0.3) is 5.91 Å². The average Bonchev–Trinajstić information content (AvgIpc) is 3.56. The number of hydrogen-bond acceptors (Lipinski definition) is 8. The van der Waals surface area contributed by atoms with Crippen LogP contribution in [0.5, 0.6) is 0 Å². The summed E-state index contributed by atoms with van der Waals surface area (Å²) in [5.74, 6) is -3.24.